The van der Waals surface area contributed by atoms with Gasteiger partial charge in [0, 0.05) is 19.6 Å². The summed E-state index contributed by atoms with van der Waals surface area (Å²) in [6.45, 7) is 3.56. The number of likely N-dealkylation sites (tertiary alicyclic amines) is 1. The van der Waals surface area contributed by atoms with Crippen molar-refractivity contribution < 1.29 is 14.6 Å². The molecule has 1 saturated heterocycles. The van der Waals surface area contributed by atoms with E-state index in [1.807, 2.05) is 18.2 Å². The van der Waals surface area contributed by atoms with E-state index >= 15 is 0 Å². The van der Waals surface area contributed by atoms with Crippen LogP contribution in [0, 0.1) is 0 Å². The minimum absolute atomic E-state index is 0.338. The molecule has 25 heavy (non-hydrogen) atoms. The number of hydrogen-bond acceptors (Lipinski definition) is 3. The average Bonchev–Trinajstić information content (AvgIpc) is 2.64. The van der Waals surface area contributed by atoms with Crippen LogP contribution in [0.3, 0.4) is 0 Å². The minimum Gasteiger partial charge on any atom is -0.478 e. The Labute approximate surface area is 149 Å². The maximum atomic E-state index is 11.1. The Morgan fingerprint density at radius 3 is 2.48 bits per heavy atom. The van der Waals surface area contributed by atoms with E-state index in [1.54, 1.807) is 12.1 Å². The lowest BCUT2D eigenvalue weighted by atomic mass is 10.1. The maximum absolute atomic E-state index is 11.1. The Kier molecular flexibility index (Phi) is 6.20. The number of carbonyl (C=O) groups is 1. The van der Waals surface area contributed by atoms with E-state index in [0.29, 0.717) is 11.7 Å². The van der Waals surface area contributed by atoms with Gasteiger partial charge in [0.25, 0.3) is 0 Å². The van der Waals surface area contributed by atoms with Crippen LogP contribution in [0.15, 0.2) is 54.6 Å². The summed E-state index contributed by atoms with van der Waals surface area (Å²) in [5, 5.41) is 9.08. The zero-order valence-electron chi connectivity index (χ0n) is 14.4. The van der Waals surface area contributed by atoms with Gasteiger partial charge < -0.3 is 9.84 Å². The Bertz CT molecular complexity index is 679. The molecule has 0 spiro atoms. The van der Waals surface area contributed by atoms with E-state index in [9.17, 15) is 4.79 Å². The second kappa shape index (κ2) is 8.79. The molecule has 0 atom stereocenters. The molecule has 1 N–H and O–H groups in total. The molecule has 132 valence electrons. The Balaban J connectivity index is 1.40. The highest BCUT2D eigenvalue weighted by molar-refractivity contribution is 5.87. The summed E-state index contributed by atoms with van der Waals surface area (Å²) in [6.07, 6.45) is 3.37. The highest BCUT2D eigenvalue weighted by Crippen LogP contribution is 2.17. The van der Waals surface area contributed by atoms with Crippen molar-refractivity contribution in [3.63, 3.8) is 0 Å². The molecule has 4 nitrogen and oxygen atoms in total. The Morgan fingerprint density at radius 2 is 1.76 bits per heavy atom. The maximum Gasteiger partial charge on any atom is 0.335 e. The first kappa shape index (κ1) is 17.6. The van der Waals surface area contributed by atoms with E-state index in [0.717, 1.165) is 51.1 Å². The molecular formula is C21H25NO3. The fourth-order valence-electron chi connectivity index (χ4n) is 3.28. The van der Waals surface area contributed by atoms with Gasteiger partial charge in [0.1, 0.15) is 0 Å². The summed E-state index contributed by atoms with van der Waals surface area (Å²) in [7, 11) is 0. The number of nitrogens with zero attached hydrogens (tertiary/aromatic N) is 1. The number of aromatic carboxylic acids is 1. The summed E-state index contributed by atoms with van der Waals surface area (Å²) >= 11 is 0. The molecule has 4 heteroatoms. The molecule has 0 aromatic heterocycles. The van der Waals surface area contributed by atoms with Crippen molar-refractivity contribution in [2.24, 2.45) is 0 Å². The van der Waals surface area contributed by atoms with Crippen LogP contribution in [-0.4, -0.2) is 41.8 Å². The van der Waals surface area contributed by atoms with Crippen LogP contribution >= 0.6 is 0 Å². The highest BCUT2D eigenvalue weighted by atomic mass is 16.5. The van der Waals surface area contributed by atoms with Gasteiger partial charge in [0.2, 0.25) is 0 Å². The summed E-state index contributed by atoms with van der Waals surface area (Å²) in [5.41, 5.74) is 2.73. The van der Waals surface area contributed by atoms with Crippen molar-refractivity contribution in [3.8, 4) is 0 Å². The number of ether oxygens (including phenoxy) is 1. The summed E-state index contributed by atoms with van der Waals surface area (Å²) < 4.78 is 6.03. The van der Waals surface area contributed by atoms with Crippen LogP contribution in [-0.2, 0) is 17.7 Å². The Morgan fingerprint density at radius 1 is 1.04 bits per heavy atom. The predicted molar refractivity (Wildman–Crippen MR) is 97.8 cm³/mol. The van der Waals surface area contributed by atoms with Gasteiger partial charge >= 0.3 is 5.97 Å². The molecule has 3 rings (SSSR count). The molecule has 1 aliphatic heterocycles. The number of benzene rings is 2. The number of piperidine rings is 1. The molecule has 0 amide bonds. The van der Waals surface area contributed by atoms with Gasteiger partial charge in [0.15, 0.2) is 0 Å². The topological polar surface area (TPSA) is 49.8 Å². The summed E-state index contributed by atoms with van der Waals surface area (Å²) in [4.78, 5) is 13.4. The molecule has 1 heterocycles. The van der Waals surface area contributed by atoms with Crippen LogP contribution in [0.5, 0.6) is 0 Å². The monoisotopic (exact) mass is 339 g/mol. The van der Waals surface area contributed by atoms with E-state index in [-0.39, 0.29) is 0 Å². The zero-order chi connectivity index (χ0) is 17.5. The summed E-state index contributed by atoms with van der Waals surface area (Å²) in [6, 6.07) is 17.7. The van der Waals surface area contributed by atoms with Crippen LogP contribution < -0.4 is 0 Å². The molecule has 2 aromatic carbocycles. The van der Waals surface area contributed by atoms with Crippen molar-refractivity contribution in [1.29, 1.82) is 0 Å². The molecular weight excluding hydrogens is 314 g/mol. The van der Waals surface area contributed by atoms with Crippen molar-refractivity contribution >= 4 is 5.97 Å². The second-order valence-electron chi connectivity index (χ2n) is 6.59. The standard InChI is InChI=1S/C21H25NO3/c23-21(24)19-8-4-7-18(15-19)16-22-12-9-20(10-13-22)25-14-11-17-5-2-1-3-6-17/h1-8,15,20H,9-14,16H2,(H,23,24). The fourth-order valence-corrected chi connectivity index (χ4v) is 3.28. The highest BCUT2D eigenvalue weighted by Gasteiger charge is 2.19. The number of carboxylic acids is 1. The van der Waals surface area contributed by atoms with Crippen LogP contribution in [0.25, 0.3) is 0 Å². The van der Waals surface area contributed by atoms with Crippen molar-refractivity contribution in [1.82, 2.24) is 4.90 Å². The summed E-state index contributed by atoms with van der Waals surface area (Å²) in [5.74, 6) is -0.868. The number of rotatable bonds is 7. The SMILES string of the molecule is O=C(O)c1cccc(CN2CCC(OCCc3ccccc3)CC2)c1. The molecule has 0 unspecified atom stereocenters. The largest absolute Gasteiger partial charge is 0.478 e. The third kappa shape index (κ3) is 5.41. The lowest BCUT2D eigenvalue weighted by molar-refractivity contribution is 0.00739. The number of carboxylic acid groups (broad SMARTS) is 1. The van der Waals surface area contributed by atoms with Crippen LogP contribution in [0.1, 0.15) is 34.3 Å². The van der Waals surface area contributed by atoms with Gasteiger partial charge in [-0.3, -0.25) is 4.90 Å². The van der Waals surface area contributed by atoms with Crippen LogP contribution in [0.4, 0.5) is 0 Å². The zero-order valence-corrected chi connectivity index (χ0v) is 14.4. The second-order valence-corrected chi connectivity index (χ2v) is 6.59. The van der Waals surface area contributed by atoms with Crippen molar-refractivity contribution in [3.05, 3.63) is 71.3 Å². The normalized spacial score (nSPS) is 16.0. The Hall–Kier alpha value is -2.17. The number of hydrogen-bond donors (Lipinski definition) is 1. The quantitative estimate of drug-likeness (QED) is 0.837. The van der Waals surface area contributed by atoms with E-state index in [2.05, 4.69) is 29.2 Å². The first-order valence-electron chi connectivity index (χ1n) is 8.91. The molecule has 0 aliphatic carbocycles. The van der Waals surface area contributed by atoms with Gasteiger partial charge in [-0.1, -0.05) is 42.5 Å². The molecule has 1 aliphatic rings. The fraction of sp³-hybridized carbons (Fsp3) is 0.381. The van der Waals surface area contributed by atoms with Gasteiger partial charge in [-0.2, -0.15) is 0 Å². The third-order valence-corrected chi connectivity index (χ3v) is 4.70. The smallest absolute Gasteiger partial charge is 0.335 e. The third-order valence-electron chi connectivity index (χ3n) is 4.70. The molecule has 0 saturated carbocycles. The van der Waals surface area contributed by atoms with E-state index in [4.69, 9.17) is 9.84 Å². The first-order chi connectivity index (χ1) is 12.2. The average molecular weight is 339 g/mol. The molecule has 0 radical (unpaired) electrons. The van der Waals surface area contributed by atoms with Gasteiger partial charge in [-0.15, -0.1) is 0 Å². The minimum atomic E-state index is -0.868. The lowest BCUT2D eigenvalue weighted by Crippen LogP contribution is -2.36. The lowest BCUT2D eigenvalue weighted by Gasteiger charge is -2.32. The van der Waals surface area contributed by atoms with Gasteiger partial charge in [-0.05, 0) is 42.5 Å². The van der Waals surface area contributed by atoms with Crippen molar-refractivity contribution in [2.45, 2.75) is 31.9 Å². The van der Waals surface area contributed by atoms with E-state index in [1.165, 1.54) is 5.56 Å². The molecule has 2 aromatic rings. The van der Waals surface area contributed by atoms with Crippen molar-refractivity contribution in [2.75, 3.05) is 19.7 Å². The molecule has 1 fully saturated rings. The van der Waals surface area contributed by atoms with Gasteiger partial charge in [0.05, 0.1) is 18.3 Å². The predicted octanol–water partition coefficient (Wildman–Crippen LogP) is 3.61. The van der Waals surface area contributed by atoms with Gasteiger partial charge in [-0.25, -0.2) is 4.79 Å². The van der Waals surface area contributed by atoms with Crippen LogP contribution in [0.2, 0.25) is 0 Å². The van der Waals surface area contributed by atoms with E-state index < -0.39 is 5.97 Å². The first-order valence-corrected chi connectivity index (χ1v) is 8.91. The molecule has 0 bridgehead atoms.